The van der Waals surface area contributed by atoms with E-state index in [4.69, 9.17) is 4.74 Å². The van der Waals surface area contributed by atoms with E-state index < -0.39 is 0 Å². The van der Waals surface area contributed by atoms with E-state index >= 15 is 0 Å². The quantitative estimate of drug-likeness (QED) is 0.708. The second kappa shape index (κ2) is 6.88. The van der Waals surface area contributed by atoms with Crippen LogP contribution in [0.4, 0.5) is 0 Å². The molecule has 106 valence electrons. The minimum absolute atomic E-state index is 0.0870. The molecule has 0 radical (unpaired) electrons. The van der Waals surface area contributed by atoms with Gasteiger partial charge in [-0.3, -0.25) is 0 Å². The number of aliphatic hydroxyl groups excluding tert-OH is 1. The summed E-state index contributed by atoms with van der Waals surface area (Å²) >= 11 is 0. The normalized spacial score (nSPS) is 33.0. The third-order valence-corrected chi connectivity index (χ3v) is 4.42. The molecule has 0 amide bonds. The molecule has 18 heavy (non-hydrogen) atoms. The van der Waals surface area contributed by atoms with Crippen molar-refractivity contribution in [3.63, 3.8) is 0 Å². The highest BCUT2D eigenvalue weighted by atomic mass is 16.5. The summed E-state index contributed by atoms with van der Waals surface area (Å²) in [5.41, 5.74) is 0. The van der Waals surface area contributed by atoms with Crippen molar-refractivity contribution in [2.75, 3.05) is 33.4 Å². The van der Waals surface area contributed by atoms with Gasteiger partial charge in [0.1, 0.15) is 0 Å². The Labute approximate surface area is 112 Å². The molecule has 0 saturated heterocycles. The molecule has 2 aliphatic rings. The van der Waals surface area contributed by atoms with Crippen molar-refractivity contribution in [1.82, 2.24) is 4.90 Å². The molecule has 3 atom stereocenters. The van der Waals surface area contributed by atoms with Gasteiger partial charge in [-0.1, -0.05) is 6.92 Å². The van der Waals surface area contributed by atoms with E-state index in [9.17, 15) is 5.11 Å². The second-order valence-electron chi connectivity index (χ2n) is 6.53. The number of hydrogen-bond acceptors (Lipinski definition) is 3. The largest absolute Gasteiger partial charge is 0.393 e. The average molecular weight is 255 g/mol. The van der Waals surface area contributed by atoms with Crippen LogP contribution in [0.1, 0.15) is 39.0 Å². The predicted octanol–water partition coefficient (Wildman–Crippen LogP) is 2.14. The highest BCUT2D eigenvalue weighted by Gasteiger charge is 2.27. The van der Waals surface area contributed by atoms with E-state index in [1.807, 2.05) is 0 Å². The van der Waals surface area contributed by atoms with E-state index in [0.717, 1.165) is 44.6 Å². The molecule has 0 aromatic heterocycles. The minimum Gasteiger partial charge on any atom is -0.393 e. The van der Waals surface area contributed by atoms with Crippen LogP contribution in [0.2, 0.25) is 0 Å². The predicted molar refractivity (Wildman–Crippen MR) is 73.6 cm³/mol. The monoisotopic (exact) mass is 255 g/mol. The Balaban J connectivity index is 1.57. The Bertz CT molecular complexity index is 243. The molecule has 0 aromatic rings. The summed E-state index contributed by atoms with van der Waals surface area (Å²) in [6.45, 7) is 6.10. The van der Waals surface area contributed by atoms with Crippen LogP contribution in [-0.4, -0.2) is 49.5 Å². The van der Waals surface area contributed by atoms with Crippen LogP contribution in [0.5, 0.6) is 0 Å². The lowest BCUT2D eigenvalue weighted by molar-refractivity contribution is 0.0279. The first-order valence-electron chi connectivity index (χ1n) is 7.59. The zero-order valence-corrected chi connectivity index (χ0v) is 12.0. The lowest BCUT2D eigenvalue weighted by Gasteiger charge is -2.34. The number of aliphatic hydroxyl groups is 1. The molecule has 0 aliphatic heterocycles. The maximum absolute atomic E-state index is 10.0. The molecule has 2 aliphatic carbocycles. The Morgan fingerprint density at radius 1 is 1.22 bits per heavy atom. The van der Waals surface area contributed by atoms with Crippen LogP contribution in [0.3, 0.4) is 0 Å². The van der Waals surface area contributed by atoms with E-state index in [1.165, 1.54) is 25.7 Å². The summed E-state index contributed by atoms with van der Waals surface area (Å²) in [4.78, 5) is 2.32. The first-order chi connectivity index (χ1) is 8.65. The number of nitrogens with zero attached hydrogens (tertiary/aromatic N) is 1. The van der Waals surface area contributed by atoms with Gasteiger partial charge in [-0.2, -0.15) is 0 Å². The van der Waals surface area contributed by atoms with Gasteiger partial charge in [0.2, 0.25) is 0 Å². The summed E-state index contributed by atoms with van der Waals surface area (Å²) in [5.74, 6) is 2.09. The lowest BCUT2D eigenvalue weighted by atomic mass is 9.80. The minimum atomic E-state index is -0.0870. The fourth-order valence-corrected chi connectivity index (χ4v) is 2.93. The molecule has 2 rings (SSSR count). The van der Waals surface area contributed by atoms with Crippen molar-refractivity contribution in [2.24, 2.45) is 17.8 Å². The number of hydrogen-bond donors (Lipinski definition) is 1. The van der Waals surface area contributed by atoms with Crippen LogP contribution >= 0.6 is 0 Å². The van der Waals surface area contributed by atoms with Crippen LogP contribution in [0.15, 0.2) is 0 Å². The lowest BCUT2D eigenvalue weighted by Crippen LogP contribution is -2.38. The van der Waals surface area contributed by atoms with Crippen LogP contribution in [0.25, 0.3) is 0 Å². The van der Waals surface area contributed by atoms with Gasteiger partial charge >= 0.3 is 0 Å². The smallest absolute Gasteiger partial charge is 0.0593 e. The SMILES string of the molecule is CC1CCC(O)C(CN(C)CCOCC2CC2)C1. The third kappa shape index (κ3) is 4.87. The maximum atomic E-state index is 10.0. The van der Waals surface area contributed by atoms with Crippen molar-refractivity contribution in [3.05, 3.63) is 0 Å². The van der Waals surface area contributed by atoms with Gasteiger partial charge in [0.05, 0.1) is 12.7 Å². The van der Waals surface area contributed by atoms with Gasteiger partial charge in [0, 0.05) is 19.7 Å². The topological polar surface area (TPSA) is 32.7 Å². The third-order valence-electron chi connectivity index (χ3n) is 4.42. The van der Waals surface area contributed by atoms with E-state index in [-0.39, 0.29) is 6.10 Å². The second-order valence-corrected chi connectivity index (χ2v) is 6.53. The highest BCUT2D eigenvalue weighted by molar-refractivity contribution is 4.80. The molecule has 3 unspecified atom stereocenters. The Kier molecular flexibility index (Phi) is 5.46. The molecule has 0 bridgehead atoms. The molecule has 0 heterocycles. The fourth-order valence-electron chi connectivity index (χ4n) is 2.93. The molecular weight excluding hydrogens is 226 g/mol. The summed E-state index contributed by atoms with van der Waals surface area (Å²) in [6.07, 6.45) is 5.98. The molecular formula is C15H29NO2. The van der Waals surface area contributed by atoms with Crippen molar-refractivity contribution in [2.45, 2.75) is 45.1 Å². The van der Waals surface area contributed by atoms with Gasteiger partial charge in [0.15, 0.2) is 0 Å². The first kappa shape index (κ1) is 14.3. The molecule has 3 heteroatoms. The van der Waals surface area contributed by atoms with Gasteiger partial charge in [-0.25, -0.2) is 0 Å². The zero-order valence-electron chi connectivity index (χ0n) is 12.0. The average Bonchev–Trinajstić information content (AvgIpc) is 3.13. The van der Waals surface area contributed by atoms with Crippen LogP contribution < -0.4 is 0 Å². The molecule has 2 saturated carbocycles. The first-order valence-corrected chi connectivity index (χ1v) is 7.59. The summed E-state index contributed by atoms with van der Waals surface area (Å²) < 4.78 is 5.66. The fraction of sp³-hybridized carbons (Fsp3) is 1.00. The summed E-state index contributed by atoms with van der Waals surface area (Å²) in [6, 6.07) is 0. The summed E-state index contributed by atoms with van der Waals surface area (Å²) in [5, 5.41) is 10.0. The Hall–Kier alpha value is -0.120. The van der Waals surface area contributed by atoms with Crippen molar-refractivity contribution >= 4 is 0 Å². The molecule has 2 fully saturated rings. The van der Waals surface area contributed by atoms with Crippen LogP contribution in [-0.2, 0) is 4.74 Å². The Morgan fingerprint density at radius 3 is 2.72 bits per heavy atom. The number of rotatable bonds is 7. The van der Waals surface area contributed by atoms with E-state index in [2.05, 4.69) is 18.9 Å². The molecule has 0 spiro atoms. The van der Waals surface area contributed by atoms with Gasteiger partial charge < -0.3 is 14.7 Å². The van der Waals surface area contributed by atoms with Crippen molar-refractivity contribution in [1.29, 1.82) is 0 Å². The Morgan fingerprint density at radius 2 is 2.00 bits per heavy atom. The highest BCUT2D eigenvalue weighted by Crippen LogP contribution is 2.30. The molecule has 0 aromatic carbocycles. The van der Waals surface area contributed by atoms with Gasteiger partial charge in [-0.05, 0) is 56.9 Å². The summed E-state index contributed by atoms with van der Waals surface area (Å²) in [7, 11) is 2.15. The standard InChI is InChI=1S/C15H29NO2/c1-12-3-6-15(17)14(9-12)10-16(2)7-8-18-11-13-4-5-13/h12-15,17H,3-11H2,1-2H3. The van der Waals surface area contributed by atoms with Gasteiger partial charge in [-0.15, -0.1) is 0 Å². The van der Waals surface area contributed by atoms with Crippen molar-refractivity contribution in [3.8, 4) is 0 Å². The number of ether oxygens (including phenoxy) is 1. The molecule has 1 N–H and O–H groups in total. The number of likely N-dealkylation sites (N-methyl/N-ethyl adjacent to an activating group) is 1. The molecule has 3 nitrogen and oxygen atoms in total. The maximum Gasteiger partial charge on any atom is 0.0593 e. The van der Waals surface area contributed by atoms with Gasteiger partial charge in [0.25, 0.3) is 0 Å². The van der Waals surface area contributed by atoms with Crippen LogP contribution in [0, 0.1) is 17.8 Å². The van der Waals surface area contributed by atoms with E-state index in [1.54, 1.807) is 0 Å². The van der Waals surface area contributed by atoms with E-state index in [0.29, 0.717) is 5.92 Å². The van der Waals surface area contributed by atoms with Crippen molar-refractivity contribution < 1.29 is 9.84 Å². The zero-order chi connectivity index (χ0) is 13.0.